The van der Waals surface area contributed by atoms with E-state index < -0.39 is 23.9 Å². The lowest BCUT2D eigenvalue weighted by Gasteiger charge is -2.21. The first-order valence-electron chi connectivity index (χ1n) is 7.27. The summed E-state index contributed by atoms with van der Waals surface area (Å²) in [7, 11) is 0. The zero-order chi connectivity index (χ0) is 15.1. The lowest BCUT2D eigenvalue weighted by molar-refractivity contribution is -0.152. The number of hydrogen-bond donors (Lipinski definition) is 1. The van der Waals surface area contributed by atoms with Crippen molar-refractivity contribution in [2.45, 2.75) is 52.5 Å². The van der Waals surface area contributed by atoms with Crippen LogP contribution in [0.3, 0.4) is 0 Å². The topological polar surface area (TPSA) is 75.7 Å². The third-order valence-corrected chi connectivity index (χ3v) is 3.61. The van der Waals surface area contributed by atoms with Crippen molar-refractivity contribution in [3.63, 3.8) is 0 Å². The van der Waals surface area contributed by atoms with Gasteiger partial charge >= 0.3 is 12.0 Å². The summed E-state index contributed by atoms with van der Waals surface area (Å²) in [6.07, 6.45) is 4.20. The number of esters is 1. The molecule has 0 bridgehead atoms. The van der Waals surface area contributed by atoms with Crippen molar-refractivity contribution in [1.82, 2.24) is 10.2 Å². The molecule has 20 heavy (non-hydrogen) atoms. The quantitative estimate of drug-likeness (QED) is 0.543. The van der Waals surface area contributed by atoms with Gasteiger partial charge in [-0.3, -0.25) is 4.79 Å². The summed E-state index contributed by atoms with van der Waals surface area (Å²) in [5, 5.41) is 2.39. The van der Waals surface area contributed by atoms with Crippen LogP contribution in [0.1, 0.15) is 46.5 Å². The Morgan fingerprint density at radius 1 is 1.40 bits per heavy atom. The predicted molar refractivity (Wildman–Crippen MR) is 74.0 cm³/mol. The number of urea groups is 1. The summed E-state index contributed by atoms with van der Waals surface area (Å²) in [4.78, 5) is 35.8. The van der Waals surface area contributed by atoms with Gasteiger partial charge in [0.2, 0.25) is 0 Å². The number of amides is 3. The lowest BCUT2D eigenvalue weighted by Crippen LogP contribution is -2.44. The van der Waals surface area contributed by atoms with E-state index in [2.05, 4.69) is 19.2 Å². The molecule has 0 aliphatic carbocycles. The van der Waals surface area contributed by atoms with Gasteiger partial charge in [0.05, 0.1) is 13.2 Å². The molecule has 0 radical (unpaired) electrons. The van der Waals surface area contributed by atoms with Crippen LogP contribution < -0.4 is 5.32 Å². The largest absolute Gasteiger partial charge is 0.464 e. The number of unbranched alkanes of at least 4 members (excludes halogenated alkanes) is 1. The van der Waals surface area contributed by atoms with E-state index in [4.69, 9.17) is 4.74 Å². The van der Waals surface area contributed by atoms with Gasteiger partial charge in [-0.05, 0) is 19.3 Å². The van der Waals surface area contributed by atoms with Crippen LogP contribution in [0.2, 0.25) is 0 Å². The van der Waals surface area contributed by atoms with Crippen LogP contribution >= 0.6 is 0 Å². The summed E-state index contributed by atoms with van der Waals surface area (Å²) in [5.74, 6) is -0.572. The summed E-state index contributed by atoms with van der Waals surface area (Å²) in [6.45, 7) is 6.00. The number of hydrogen-bond acceptors (Lipinski definition) is 4. The molecule has 1 aliphatic rings. The standard InChI is InChI=1S/C14H24N2O4/c1-4-6-7-11(5-2)9-20-13(18)10(3)16-12(17)8-15-14(16)19/h10-11H,4-9H2,1-3H3,(H,15,19). The van der Waals surface area contributed by atoms with Crippen molar-refractivity contribution < 1.29 is 19.1 Å². The number of carbonyl (C=O) groups excluding carboxylic acids is 3. The molecule has 1 saturated heterocycles. The fourth-order valence-electron chi connectivity index (χ4n) is 2.15. The molecular formula is C14H24N2O4. The number of nitrogens with zero attached hydrogens (tertiary/aromatic N) is 1. The highest BCUT2D eigenvalue weighted by atomic mass is 16.5. The number of nitrogens with one attached hydrogen (secondary N) is 1. The fourth-order valence-corrected chi connectivity index (χ4v) is 2.15. The third kappa shape index (κ3) is 4.21. The number of carbonyl (C=O) groups is 3. The molecule has 1 fully saturated rings. The van der Waals surface area contributed by atoms with E-state index in [0.29, 0.717) is 12.5 Å². The Kier molecular flexibility index (Phi) is 6.48. The molecule has 1 N–H and O–H groups in total. The maximum atomic E-state index is 11.9. The first-order chi connectivity index (χ1) is 9.51. The van der Waals surface area contributed by atoms with E-state index in [1.165, 1.54) is 6.92 Å². The molecule has 0 saturated carbocycles. The van der Waals surface area contributed by atoms with Crippen LogP contribution in [-0.2, 0) is 14.3 Å². The maximum absolute atomic E-state index is 11.9. The van der Waals surface area contributed by atoms with Gasteiger partial charge in [-0.2, -0.15) is 0 Å². The Morgan fingerprint density at radius 3 is 2.60 bits per heavy atom. The number of imide groups is 1. The summed E-state index contributed by atoms with van der Waals surface area (Å²) in [6, 6.07) is -1.40. The second kappa shape index (κ2) is 7.87. The Hall–Kier alpha value is -1.59. The van der Waals surface area contributed by atoms with Crippen molar-refractivity contribution in [2.24, 2.45) is 5.92 Å². The Bertz CT molecular complexity index is 354. The van der Waals surface area contributed by atoms with Crippen LogP contribution in [0.4, 0.5) is 4.79 Å². The minimum Gasteiger partial charge on any atom is -0.464 e. The van der Waals surface area contributed by atoms with E-state index in [1.54, 1.807) is 0 Å². The van der Waals surface area contributed by atoms with Gasteiger partial charge in [0, 0.05) is 0 Å². The van der Waals surface area contributed by atoms with Gasteiger partial charge in [0.25, 0.3) is 5.91 Å². The van der Waals surface area contributed by atoms with Gasteiger partial charge in [-0.1, -0.05) is 33.1 Å². The van der Waals surface area contributed by atoms with E-state index in [-0.39, 0.29) is 6.54 Å². The number of rotatable bonds is 8. The van der Waals surface area contributed by atoms with Gasteiger partial charge in [0.15, 0.2) is 0 Å². The molecular weight excluding hydrogens is 260 g/mol. The SMILES string of the molecule is CCCCC(CC)COC(=O)C(C)N1C(=O)CNC1=O. The highest BCUT2D eigenvalue weighted by molar-refractivity contribution is 6.04. The fraction of sp³-hybridized carbons (Fsp3) is 0.786. The van der Waals surface area contributed by atoms with Gasteiger partial charge in [-0.25, -0.2) is 14.5 Å². The molecule has 3 amide bonds. The monoisotopic (exact) mass is 284 g/mol. The average Bonchev–Trinajstić information content (AvgIpc) is 2.77. The Labute approximate surface area is 119 Å². The van der Waals surface area contributed by atoms with Crippen LogP contribution in [0.5, 0.6) is 0 Å². The van der Waals surface area contributed by atoms with Crippen LogP contribution in [-0.4, -0.2) is 42.0 Å². The lowest BCUT2D eigenvalue weighted by atomic mass is 10.0. The molecule has 6 nitrogen and oxygen atoms in total. The number of ether oxygens (including phenoxy) is 1. The predicted octanol–water partition coefficient (Wildman–Crippen LogP) is 1.69. The zero-order valence-corrected chi connectivity index (χ0v) is 12.5. The normalized spacial score (nSPS) is 17.9. The summed E-state index contributed by atoms with van der Waals surface area (Å²) < 4.78 is 5.25. The maximum Gasteiger partial charge on any atom is 0.329 e. The molecule has 114 valence electrons. The third-order valence-electron chi connectivity index (χ3n) is 3.61. The zero-order valence-electron chi connectivity index (χ0n) is 12.5. The van der Waals surface area contributed by atoms with Crippen LogP contribution in [0.15, 0.2) is 0 Å². The minimum atomic E-state index is -0.867. The molecule has 0 aromatic heterocycles. The highest BCUT2D eigenvalue weighted by Gasteiger charge is 2.37. The van der Waals surface area contributed by atoms with E-state index in [1.807, 2.05) is 0 Å². The van der Waals surface area contributed by atoms with Gasteiger partial charge in [-0.15, -0.1) is 0 Å². The molecule has 1 aliphatic heterocycles. The molecule has 2 atom stereocenters. The summed E-state index contributed by atoms with van der Waals surface area (Å²) in [5.41, 5.74) is 0. The summed E-state index contributed by atoms with van der Waals surface area (Å²) >= 11 is 0. The van der Waals surface area contributed by atoms with E-state index >= 15 is 0 Å². The van der Waals surface area contributed by atoms with Gasteiger partial charge < -0.3 is 10.1 Å². The average molecular weight is 284 g/mol. The Balaban J connectivity index is 2.45. The van der Waals surface area contributed by atoms with Crippen molar-refractivity contribution in [2.75, 3.05) is 13.2 Å². The Morgan fingerprint density at radius 2 is 2.10 bits per heavy atom. The van der Waals surface area contributed by atoms with Crippen molar-refractivity contribution in [1.29, 1.82) is 0 Å². The second-order valence-electron chi connectivity index (χ2n) is 5.14. The van der Waals surface area contributed by atoms with Crippen LogP contribution in [0.25, 0.3) is 0 Å². The first kappa shape index (κ1) is 16.5. The van der Waals surface area contributed by atoms with Crippen molar-refractivity contribution >= 4 is 17.9 Å². The van der Waals surface area contributed by atoms with E-state index in [9.17, 15) is 14.4 Å². The molecule has 0 spiro atoms. The second-order valence-corrected chi connectivity index (χ2v) is 5.14. The van der Waals surface area contributed by atoms with E-state index in [0.717, 1.165) is 30.6 Å². The molecule has 6 heteroatoms. The molecule has 0 aromatic carbocycles. The molecule has 0 aromatic rings. The van der Waals surface area contributed by atoms with Crippen molar-refractivity contribution in [3.8, 4) is 0 Å². The van der Waals surface area contributed by atoms with Gasteiger partial charge in [0.1, 0.15) is 6.04 Å². The minimum absolute atomic E-state index is 0.0511. The van der Waals surface area contributed by atoms with Crippen molar-refractivity contribution in [3.05, 3.63) is 0 Å². The first-order valence-corrected chi connectivity index (χ1v) is 7.27. The molecule has 1 heterocycles. The molecule has 2 unspecified atom stereocenters. The highest BCUT2D eigenvalue weighted by Crippen LogP contribution is 2.14. The van der Waals surface area contributed by atoms with Crippen LogP contribution in [0, 0.1) is 5.92 Å². The smallest absolute Gasteiger partial charge is 0.329 e. The molecule has 1 rings (SSSR count).